The highest BCUT2D eigenvalue weighted by Gasteiger charge is 2.25. The molecule has 98 valence electrons. The fourth-order valence-corrected chi connectivity index (χ4v) is 2.43. The maximum atomic E-state index is 5.85. The number of allylic oxidation sites excluding steroid dienone is 8. The van der Waals surface area contributed by atoms with Gasteiger partial charge in [0.05, 0.1) is 0 Å². The summed E-state index contributed by atoms with van der Waals surface area (Å²) in [6, 6.07) is 0. The number of rotatable bonds is 4. The van der Waals surface area contributed by atoms with Crippen LogP contribution in [0.25, 0.3) is 0 Å². The summed E-state index contributed by atoms with van der Waals surface area (Å²) >= 11 is 0. The molecule has 0 aliphatic heterocycles. The Kier molecular flexibility index (Phi) is 4.77. The summed E-state index contributed by atoms with van der Waals surface area (Å²) in [6.07, 6.45) is 13.5. The largest absolute Gasteiger partial charge is 0.399 e. The molecular weight excluding hydrogens is 218 g/mol. The van der Waals surface area contributed by atoms with E-state index in [0.29, 0.717) is 5.92 Å². The molecule has 1 unspecified atom stereocenters. The van der Waals surface area contributed by atoms with E-state index in [2.05, 4.69) is 52.5 Å². The minimum absolute atomic E-state index is 0.0136. The normalized spacial score (nSPS) is 25.1. The van der Waals surface area contributed by atoms with Crippen molar-refractivity contribution in [1.82, 2.24) is 0 Å². The Bertz CT molecular complexity index is 433. The van der Waals surface area contributed by atoms with Crippen LogP contribution in [0.4, 0.5) is 0 Å². The third kappa shape index (κ3) is 3.76. The Labute approximate surface area is 111 Å². The van der Waals surface area contributed by atoms with E-state index in [0.717, 1.165) is 12.1 Å². The van der Waals surface area contributed by atoms with Crippen LogP contribution in [0.2, 0.25) is 0 Å². The zero-order valence-electron chi connectivity index (χ0n) is 12.0. The van der Waals surface area contributed by atoms with Gasteiger partial charge >= 0.3 is 0 Å². The van der Waals surface area contributed by atoms with E-state index >= 15 is 0 Å². The van der Waals surface area contributed by atoms with Gasteiger partial charge in [-0.3, -0.25) is 0 Å². The van der Waals surface area contributed by atoms with Crippen LogP contribution in [0, 0.1) is 11.3 Å². The van der Waals surface area contributed by atoms with Gasteiger partial charge in [-0.05, 0) is 42.6 Å². The first-order chi connectivity index (χ1) is 8.37. The van der Waals surface area contributed by atoms with E-state index < -0.39 is 0 Å². The second-order valence-electron chi connectivity index (χ2n) is 5.73. The smallest absolute Gasteiger partial charge is 0.0316 e. The Morgan fingerprint density at radius 2 is 2.06 bits per heavy atom. The summed E-state index contributed by atoms with van der Waals surface area (Å²) in [5.41, 5.74) is 9.13. The number of nitrogens with two attached hydrogens (primary N) is 1. The number of hydrogen-bond acceptors (Lipinski definition) is 1. The molecule has 1 atom stereocenters. The highest BCUT2D eigenvalue weighted by atomic mass is 14.6. The summed E-state index contributed by atoms with van der Waals surface area (Å²) in [6.45, 7) is 12.8. The minimum atomic E-state index is 0.0136. The van der Waals surface area contributed by atoms with Crippen molar-refractivity contribution in [2.75, 3.05) is 0 Å². The minimum Gasteiger partial charge on any atom is -0.399 e. The lowest BCUT2D eigenvalue weighted by Gasteiger charge is -2.30. The molecule has 0 heterocycles. The first-order valence-corrected chi connectivity index (χ1v) is 6.55. The zero-order chi connectivity index (χ0) is 13.8. The molecular formula is C17H25N. The van der Waals surface area contributed by atoms with Crippen molar-refractivity contribution in [1.29, 1.82) is 0 Å². The SMILES string of the molecule is C=CC(C)(CC(C)C)C1=C/C(C)=C\C(N)=C/C=C1. The van der Waals surface area contributed by atoms with Crippen LogP contribution < -0.4 is 5.73 Å². The highest BCUT2D eigenvalue weighted by molar-refractivity contribution is 5.42. The van der Waals surface area contributed by atoms with Crippen molar-refractivity contribution >= 4 is 0 Å². The Morgan fingerprint density at radius 1 is 1.39 bits per heavy atom. The third-order valence-electron chi connectivity index (χ3n) is 3.28. The van der Waals surface area contributed by atoms with E-state index in [1.54, 1.807) is 0 Å². The Morgan fingerprint density at radius 3 is 2.61 bits per heavy atom. The molecule has 0 aromatic carbocycles. The van der Waals surface area contributed by atoms with E-state index in [-0.39, 0.29) is 5.41 Å². The molecule has 0 saturated heterocycles. The summed E-state index contributed by atoms with van der Waals surface area (Å²) in [5.74, 6) is 0.637. The topological polar surface area (TPSA) is 26.0 Å². The average molecular weight is 243 g/mol. The molecule has 0 aromatic heterocycles. The standard InChI is InChI=1S/C17H25N/c1-6-17(5,12-13(2)3)15-8-7-9-16(18)11-14(4)10-15/h6-11,13H,1,12,18H2,2-5H3/b8-7?,9-7?,14-10?,14-11-,15-8?,15-10?,16-9+,16-11?. The molecule has 18 heavy (non-hydrogen) atoms. The van der Waals surface area contributed by atoms with Gasteiger partial charge in [0, 0.05) is 11.1 Å². The lowest BCUT2D eigenvalue weighted by molar-refractivity contribution is 0.396. The molecule has 0 aromatic rings. The predicted molar refractivity (Wildman–Crippen MR) is 81.0 cm³/mol. The predicted octanol–water partition coefficient (Wildman–Crippen LogP) is 4.51. The van der Waals surface area contributed by atoms with Crippen LogP contribution in [0.15, 0.2) is 59.9 Å². The summed E-state index contributed by atoms with van der Waals surface area (Å²) in [4.78, 5) is 0. The van der Waals surface area contributed by atoms with Crippen LogP contribution in [-0.4, -0.2) is 0 Å². The summed E-state index contributed by atoms with van der Waals surface area (Å²) in [7, 11) is 0. The maximum Gasteiger partial charge on any atom is 0.0316 e. The molecule has 1 heteroatoms. The lowest BCUT2D eigenvalue weighted by Crippen LogP contribution is -2.18. The van der Waals surface area contributed by atoms with Crippen molar-refractivity contribution in [3.63, 3.8) is 0 Å². The Balaban J connectivity index is 3.14. The first-order valence-electron chi connectivity index (χ1n) is 6.55. The molecule has 0 saturated carbocycles. The molecule has 1 aliphatic carbocycles. The van der Waals surface area contributed by atoms with Crippen LogP contribution >= 0.6 is 0 Å². The summed E-state index contributed by atoms with van der Waals surface area (Å²) in [5, 5.41) is 0. The molecule has 1 rings (SSSR count). The van der Waals surface area contributed by atoms with Crippen LogP contribution in [0.5, 0.6) is 0 Å². The zero-order valence-corrected chi connectivity index (χ0v) is 12.0. The highest BCUT2D eigenvalue weighted by Crippen LogP contribution is 2.37. The number of hydrogen-bond donors (Lipinski definition) is 1. The average Bonchev–Trinajstić information content (AvgIpc) is 2.24. The van der Waals surface area contributed by atoms with Gasteiger partial charge in [-0.15, -0.1) is 6.58 Å². The van der Waals surface area contributed by atoms with Crippen LogP contribution in [0.1, 0.15) is 34.1 Å². The van der Waals surface area contributed by atoms with Gasteiger partial charge in [0.25, 0.3) is 0 Å². The Hall–Kier alpha value is -1.50. The van der Waals surface area contributed by atoms with Gasteiger partial charge in [-0.25, -0.2) is 0 Å². The van der Waals surface area contributed by atoms with Crippen molar-refractivity contribution in [2.45, 2.75) is 34.1 Å². The van der Waals surface area contributed by atoms with Gasteiger partial charge in [-0.1, -0.05) is 45.1 Å². The molecule has 0 amide bonds. The van der Waals surface area contributed by atoms with Crippen molar-refractivity contribution in [3.8, 4) is 0 Å². The van der Waals surface area contributed by atoms with Crippen LogP contribution in [-0.2, 0) is 0 Å². The van der Waals surface area contributed by atoms with Gasteiger partial charge < -0.3 is 5.73 Å². The van der Waals surface area contributed by atoms with Crippen molar-refractivity contribution < 1.29 is 0 Å². The van der Waals surface area contributed by atoms with Gasteiger partial charge in [0.15, 0.2) is 0 Å². The molecule has 0 spiro atoms. The molecule has 2 N–H and O–H groups in total. The fraction of sp³-hybridized carbons (Fsp3) is 0.412. The van der Waals surface area contributed by atoms with Gasteiger partial charge in [0.2, 0.25) is 0 Å². The first kappa shape index (κ1) is 14.6. The van der Waals surface area contributed by atoms with E-state index in [1.807, 2.05) is 18.2 Å². The van der Waals surface area contributed by atoms with E-state index in [1.165, 1.54) is 11.1 Å². The van der Waals surface area contributed by atoms with Crippen molar-refractivity contribution in [3.05, 3.63) is 59.9 Å². The third-order valence-corrected chi connectivity index (χ3v) is 3.28. The lowest BCUT2D eigenvalue weighted by atomic mass is 9.74. The van der Waals surface area contributed by atoms with Crippen LogP contribution in [0.3, 0.4) is 0 Å². The molecule has 0 radical (unpaired) electrons. The second kappa shape index (κ2) is 5.90. The molecule has 1 nitrogen and oxygen atoms in total. The van der Waals surface area contributed by atoms with Gasteiger partial charge in [-0.2, -0.15) is 0 Å². The van der Waals surface area contributed by atoms with Crippen molar-refractivity contribution in [2.24, 2.45) is 17.1 Å². The molecule has 1 aliphatic rings. The van der Waals surface area contributed by atoms with E-state index in [9.17, 15) is 0 Å². The second-order valence-corrected chi connectivity index (χ2v) is 5.73. The monoisotopic (exact) mass is 243 g/mol. The van der Waals surface area contributed by atoms with E-state index in [4.69, 9.17) is 5.73 Å². The molecule has 0 fully saturated rings. The maximum absolute atomic E-state index is 5.85. The summed E-state index contributed by atoms with van der Waals surface area (Å²) < 4.78 is 0. The quantitative estimate of drug-likeness (QED) is 0.722. The molecule has 0 bridgehead atoms. The fourth-order valence-electron chi connectivity index (χ4n) is 2.43. The van der Waals surface area contributed by atoms with Gasteiger partial charge in [0.1, 0.15) is 0 Å².